The molecule has 0 aliphatic heterocycles. The number of rotatable bonds is 8. The molecule has 6 nitrogen and oxygen atoms in total. The van der Waals surface area contributed by atoms with Gasteiger partial charge in [0, 0.05) is 6.54 Å². The van der Waals surface area contributed by atoms with Crippen LogP contribution in [0.15, 0.2) is 23.4 Å². The summed E-state index contributed by atoms with van der Waals surface area (Å²) in [5.41, 5.74) is 9.07. The molecule has 2 rings (SSSR count). The second-order valence-electron chi connectivity index (χ2n) is 7.50. The van der Waals surface area contributed by atoms with Gasteiger partial charge < -0.3 is 10.3 Å². The molecule has 2 N–H and O–H groups in total. The molecule has 0 aliphatic carbocycles. The lowest BCUT2D eigenvalue weighted by molar-refractivity contribution is 0.449. The van der Waals surface area contributed by atoms with E-state index in [1.807, 2.05) is 52.8 Å². The Balaban J connectivity index is 2.44. The van der Waals surface area contributed by atoms with Crippen molar-refractivity contribution in [3.63, 3.8) is 0 Å². The third-order valence-corrected chi connectivity index (χ3v) is 5.71. The summed E-state index contributed by atoms with van der Waals surface area (Å²) < 4.78 is 27.8. The van der Waals surface area contributed by atoms with Gasteiger partial charge in [0.2, 0.25) is 15.0 Å². The molecule has 0 saturated heterocycles. The molecule has 1 unspecified atom stereocenters. The zero-order valence-electron chi connectivity index (χ0n) is 16.4. The first-order chi connectivity index (χ1) is 12.1. The first kappa shape index (κ1) is 20.6. The second kappa shape index (κ2) is 8.31. The highest BCUT2D eigenvalue weighted by atomic mass is 32.2. The normalized spacial score (nSPS) is 13.3. The summed E-state index contributed by atoms with van der Waals surface area (Å²) in [4.78, 5) is 0. The second-order valence-corrected chi connectivity index (χ2v) is 9.38. The third kappa shape index (κ3) is 4.92. The van der Waals surface area contributed by atoms with E-state index in [0.717, 1.165) is 29.5 Å². The van der Waals surface area contributed by atoms with Crippen molar-refractivity contribution in [1.82, 2.24) is 14.8 Å². The van der Waals surface area contributed by atoms with Crippen LogP contribution in [-0.2, 0) is 22.1 Å². The topological polar surface area (TPSA) is 90.9 Å². The minimum absolute atomic E-state index is 0.0203. The Bertz CT molecular complexity index is 836. The van der Waals surface area contributed by atoms with E-state index >= 15 is 0 Å². The van der Waals surface area contributed by atoms with Gasteiger partial charge in [0.25, 0.3) is 0 Å². The van der Waals surface area contributed by atoms with Gasteiger partial charge in [-0.25, -0.2) is 8.42 Å². The summed E-state index contributed by atoms with van der Waals surface area (Å²) in [5, 5.41) is 8.19. The molecule has 0 saturated carbocycles. The van der Waals surface area contributed by atoms with Gasteiger partial charge >= 0.3 is 0 Å². The molecular weight excluding hydrogens is 348 g/mol. The fraction of sp³-hybridized carbons (Fsp3) is 0.579. The van der Waals surface area contributed by atoms with Crippen LogP contribution in [0.3, 0.4) is 0 Å². The zero-order chi connectivity index (χ0) is 19.5. The van der Waals surface area contributed by atoms with E-state index in [-0.39, 0.29) is 22.9 Å². The molecule has 0 spiro atoms. The highest BCUT2D eigenvalue weighted by Crippen LogP contribution is 2.22. The monoisotopic (exact) mass is 378 g/mol. The number of aryl methyl sites for hydroxylation is 2. The molecule has 1 atom stereocenters. The number of hydrogen-bond donors (Lipinski definition) is 1. The van der Waals surface area contributed by atoms with Crippen molar-refractivity contribution >= 4 is 9.84 Å². The Kier molecular flexibility index (Phi) is 6.58. The fourth-order valence-corrected chi connectivity index (χ4v) is 4.62. The van der Waals surface area contributed by atoms with E-state index in [2.05, 4.69) is 10.2 Å². The highest BCUT2D eigenvalue weighted by Gasteiger charge is 2.27. The van der Waals surface area contributed by atoms with E-state index in [1.165, 1.54) is 0 Å². The predicted molar refractivity (Wildman–Crippen MR) is 104 cm³/mol. The van der Waals surface area contributed by atoms with Crippen LogP contribution in [-0.4, -0.2) is 23.2 Å². The number of nitrogens with zero attached hydrogens (tertiary/aromatic N) is 3. The summed E-state index contributed by atoms with van der Waals surface area (Å²) >= 11 is 0. The number of hydrogen-bond acceptors (Lipinski definition) is 5. The lowest BCUT2D eigenvalue weighted by atomic mass is 10.1. The Labute approximate surface area is 156 Å². The van der Waals surface area contributed by atoms with Crippen LogP contribution >= 0.6 is 0 Å². The molecule has 26 heavy (non-hydrogen) atoms. The number of aromatic nitrogens is 3. The van der Waals surface area contributed by atoms with E-state index in [0.29, 0.717) is 12.4 Å². The van der Waals surface area contributed by atoms with E-state index in [1.54, 1.807) is 4.57 Å². The van der Waals surface area contributed by atoms with Gasteiger partial charge in [0.15, 0.2) is 5.82 Å². The van der Waals surface area contributed by atoms with E-state index < -0.39 is 9.84 Å². The average molecular weight is 379 g/mol. The molecule has 0 bridgehead atoms. The molecular formula is C19H30N4O2S. The Hall–Kier alpha value is -1.73. The molecule has 1 aromatic carbocycles. The Morgan fingerprint density at radius 1 is 1.12 bits per heavy atom. The van der Waals surface area contributed by atoms with Gasteiger partial charge in [-0.15, -0.1) is 10.2 Å². The average Bonchev–Trinajstić information content (AvgIpc) is 2.89. The number of benzene rings is 1. The predicted octanol–water partition coefficient (Wildman–Crippen LogP) is 3.32. The molecule has 0 aliphatic rings. The standard InChI is InChI=1S/C19H30N4O2S/c1-6-7-17(20)18-21-22-19(23(18)11-13(2)3)26(24,25)12-16-9-14(4)8-15(5)10-16/h8-10,13,17H,6-7,11-12,20H2,1-5H3. The fourth-order valence-electron chi connectivity index (χ4n) is 3.22. The van der Waals surface area contributed by atoms with Crippen molar-refractivity contribution in [2.75, 3.05) is 0 Å². The zero-order valence-corrected chi connectivity index (χ0v) is 17.2. The van der Waals surface area contributed by atoms with Crippen molar-refractivity contribution in [3.05, 3.63) is 40.7 Å². The van der Waals surface area contributed by atoms with Crippen LogP contribution in [0.5, 0.6) is 0 Å². The number of nitrogens with two attached hydrogens (primary N) is 1. The Morgan fingerprint density at radius 3 is 2.27 bits per heavy atom. The van der Waals surface area contributed by atoms with Crippen LogP contribution < -0.4 is 5.73 Å². The Morgan fingerprint density at radius 2 is 1.73 bits per heavy atom. The summed E-state index contributed by atoms with van der Waals surface area (Å²) in [6.45, 7) is 10.6. The van der Waals surface area contributed by atoms with Crippen molar-refractivity contribution in [1.29, 1.82) is 0 Å². The maximum atomic E-state index is 13.1. The van der Waals surface area contributed by atoms with Crippen LogP contribution in [0.2, 0.25) is 0 Å². The molecule has 1 heterocycles. The van der Waals surface area contributed by atoms with Gasteiger partial charge in [0.1, 0.15) is 0 Å². The molecule has 0 radical (unpaired) electrons. The molecule has 7 heteroatoms. The molecule has 0 amide bonds. The van der Waals surface area contributed by atoms with Gasteiger partial charge in [-0.2, -0.15) is 0 Å². The highest BCUT2D eigenvalue weighted by molar-refractivity contribution is 7.90. The first-order valence-corrected chi connectivity index (χ1v) is 10.8. The van der Waals surface area contributed by atoms with Crippen LogP contribution in [0.25, 0.3) is 0 Å². The lowest BCUT2D eigenvalue weighted by Gasteiger charge is -2.16. The van der Waals surface area contributed by atoms with Crippen molar-refractivity contribution in [3.8, 4) is 0 Å². The maximum absolute atomic E-state index is 13.1. The molecule has 144 valence electrons. The van der Waals surface area contributed by atoms with E-state index in [9.17, 15) is 8.42 Å². The van der Waals surface area contributed by atoms with Gasteiger partial charge in [0.05, 0.1) is 11.8 Å². The molecule has 2 aromatic rings. The SMILES string of the molecule is CCCC(N)c1nnc(S(=O)(=O)Cc2cc(C)cc(C)c2)n1CC(C)C. The van der Waals surface area contributed by atoms with E-state index in [4.69, 9.17) is 5.73 Å². The summed E-state index contributed by atoms with van der Waals surface area (Å²) in [7, 11) is -3.62. The van der Waals surface area contributed by atoms with Crippen LogP contribution in [0, 0.1) is 19.8 Å². The summed E-state index contributed by atoms with van der Waals surface area (Å²) in [5.74, 6) is 0.725. The largest absolute Gasteiger partial charge is 0.321 e. The smallest absolute Gasteiger partial charge is 0.250 e. The quantitative estimate of drug-likeness (QED) is 0.761. The van der Waals surface area contributed by atoms with Crippen molar-refractivity contribution in [2.24, 2.45) is 11.7 Å². The van der Waals surface area contributed by atoms with Crippen molar-refractivity contribution in [2.45, 2.75) is 71.0 Å². The van der Waals surface area contributed by atoms with Gasteiger partial charge in [-0.1, -0.05) is 56.5 Å². The summed E-state index contributed by atoms with van der Waals surface area (Å²) in [6, 6.07) is 5.52. The van der Waals surface area contributed by atoms with Crippen LogP contribution in [0.4, 0.5) is 0 Å². The third-order valence-electron chi connectivity index (χ3n) is 4.14. The summed E-state index contributed by atoms with van der Waals surface area (Å²) in [6.07, 6.45) is 1.65. The molecule has 1 aromatic heterocycles. The lowest BCUT2D eigenvalue weighted by Crippen LogP contribution is -2.21. The molecule has 0 fully saturated rings. The van der Waals surface area contributed by atoms with Gasteiger partial charge in [-0.05, 0) is 31.7 Å². The minimum Gasteiger partial charge on any atom is -0.321 e. The van der Waals surface area contributed by atoms with Gasteiger partial charge in [-0.3, -0.25) is 0 Å². The van der Waals surface area contributed by atoms with Crippen LogP contribution in [0.1, 0.15) is 62.2 Å². The number of sulfone groups is 1. The minimum atomic E-state index is -3.62. The first-order valence-electron chi connectivity index (χ1n) is 9.12. The van der Waals surface area contributed by atoms with Crippen molar-refractivity contribution < 1.29 is 8.42 Å². The maximum Gasteiger partial charge on any atom is 0.250 e.